The highest BCUT2D eigenvalue weighted by Gasteiger charge is 2.36. The zero-order valence-corrected chi connectivity index (χ0v) is 10.7. The molecule has 2 unspecified atom stereocenters. The highest BCUT2D eigenvalue weighted by atomic mass is 16.2. The summed E-state index contributed by atoms with van der Waals surface area (Å²) in [4.78, 5) is 18.2. The molecule has 0 aromatic carbocycles. The summed E-state index contributed by atoms with van der Waals surface area (Å²) in [7, 11) is 0. The van der Waals surface area contributed by atoms with E-state index in [1.165, 1.54) is 12.8 Å². The molecule has 1 aromatic rings. The van der Waals surface area contributed by atoms with Crippen molar-refractivity contribution in [3.8, 4) is 6.07 Å². The average molecular weight is 256 g/mol. The normalized spacial score (nSPS) is 26.3. The van der Waals surface area contributed by atoms with Gasteiger partial charge in [-0.15, -0.1) is 0 Å². The molecule has 19 heavy (non-hydrogen) atoms. The molecule has 1 N–H and O–H groups in total. The fourth-order valence-corrected chi connectivity index (χ4v) is 3.07. The fraction of sp³-hybridized carbons (Fsp3) is 0.500. The first-order valence-electron chi connectivity index (χ1n) is 6.71. The first kappa shape index (κ1) is 12.0. The third kappa shape index (κ3) is 2.26. The number of nitrogens with one attached hydrogen (secondary N) is 1. The summed E-state index contributed by atoms with van der Waals surface area (Å²) in [6.07, 6.45) is 4.46. The lowest BCUT2D eigenvalue weighted by Crippen LogP contribution is -2.62. The maximum absolute atomic E-state index is 11.8. The number of carbonyl (C=O) groups excluding carboxylic acids is 1. The van der Waals surface area contributed by atoms with Gasteiger partial charge >= 0.3 is 0 Å². The van der Waals surface area contributed by atoms with Crippen molar-refractivity contribution in [2.24, 2.45) is 0 Å². The molecule has 1 aliphatic carbocycles. The smallest absolute Gasteiger partial charge is 0.239 e. The minimum absolute atomic E-state index is 0.0484. The van der Waals surface area contributed by atoms with Crippen LogP contribution in [0.4, 0.5) is 5.82 Å². The van der Waals surface area contributed by atoms with E-state index in [4.69, 9.17) is 5.26 Å². The Morgan fingerprint density at radius 2 is 2.21 bits per heavy atom. The van der Waals surface area contributed by atoms with Crippen molar-refractivity contribution < 1.29 is 4.79 Å². The molecule has 1 amide bonds. The molecule has 2 fully saturated rings. The van der Waals surface area contributed by atoms with E-state index in [0.29, 0.717) is 18.3 Å². The van der Waals surface area contributed by atoms with Gasteiger partial charge in [-0.1, -0.05) is 18.9 Å². The van der Waals surface area contributed by atoms with Crippen molar-refractivity contribution >= 4 is 11.7 Å². The molecule has 2 atom stereocenters. The monoisotopic (exact) mass is 256 g/mol. The second-order valence-electron chi connectivity index (χ2n) is 5.15. The molecule has 1 saturated heterocycles. The number of fused-ring (bicyclic) bond motifs is 1. The van der Waals surface area contributed by atoms with E-state index in [-0.39, 0.29) is 11.9 Å². The molecule has 5 nitrogen and oxygen atoms in total. The summed E-state index contributed by atoms with van der Waals surface area (Å²) in [5.74, 6) is 0.790. The van der Waals surface area contributed by atoms with Crippen LogP contribution in [0.15, 0.2) is 18.2 Å². The number of hydrogen-bond acceptors (Lipinski definition) is 4. The van der Waals surface area contributed by atoms with Crippen LogP contribution in [0.2, 0.25) is 0 Å². The number of rotatable bonds is 1. The lowest BCUT2D eigenvalue weighted by Gasteiger charge is -2.44. The quantitative estimate of drug-likeness (QED) is 0.819. The Bertz CT molecular complexity index is 536. The lowest BCUT2D eigenvalue weighted by atomic mass is 9.87. The number of anilines is 1. The van der Waals surface area contributed by atoms with Crippen molar-refractivity contribution in [2.45, 2.75) is 37.8 Å². The Hall–Kier alpha value is -2.09. The zero-order chi connectivity index (χ0) is 13.2. The van der Waals surface area contributed by atoms with Crippen LogP contribution in [0.3, 0.4) is 0 Å². The summed E-state index contributed by atoms with van der Waals surface area (Å²) in [5.41, 5.74) is 0.399. The van der Waals surface area contributed by atoms with Crippen molar-refractivity contribution in [2.75, 3.05) is 11.4 Å². The topological polar surface area (TPSA) is 69.0 Å². The van der Waals surface area contributed by atoms with Gasteiger partial charge < -0.3 is 10.2 Å². The van der Waals surface area contributed by atoms with E-state index in [9.17, 15) is 4.79 Å². The summed E-state index contributed by atoms with van der Waals surface area (Å²) in [6, 6.07) is 7.98. The zero-order valence-electron chi connectivity index (χ0n) is 10.7. The summed E-state index contributed by atoms with van der Waals surface area (Å²) in [6.45, 7) is 0.336. The average Bonchev–Trinajstić information content (AvgIpc) is 2.46. The van der Waals surface area contributed by atoms with Gasteiger partial charge in [0.25, 0.3) is 0 Å². The highest BCUT2D eigenvalue weighted by molar-refractivity contribution is 5.83. The minimum atomic E-state index is 0.0484. The van der Waals surface area contributed by atoms with Crippen molar-refractivity contribution in [1.29, 1.82) is 5.26 Å². The Morgan fingerprint density at radius 1 is 1.37 bits per heavy atom. The Balaban J connectivity index is 1.92. The molecule has 2 heterocycles. The third-order valence-corrected chi connectivity index (χ3v) is 3.93. The van der Waals surface area contributed by atoms with Crippen LogP contribution in [-0.4, -0.2) is 29.5 Å². The number of nitriles is 1. The number of aromatic nitrogens is 1. The Morgan fingerprint density at radius 3 is 3.05 bits per heavy atom. The van der Waals surface area contributed by atoms with Crippen LogP contribution >= 0.6 is 0 Å². The fourth-order valence-electron chi connectivity index (χ4n) is 3.07. The molecule has 3 rings (SSSR count). The van der Waals surface area contributed by atoms with E-state index < -0.39 is 0 Å². The van der Waals surface area contributed by atoms with Gasteiger partial charge in [0.2, 0.25) is 5.91 Å². The largest absolute Gasteiger partial charge is 0.350 e. The number of nitrogens with zero attached hydrogens (tertiary/aromatic N) is 3. The molecule has 0 spiro atoms. The van der Waals surface area contributed by atoms with Crippen molar-refractivity contribution in [3.63, 3.8) is 0 Å². The lowest BCUT2D eigenvalue weighted by molar-refractivity contribution is -0.122. The van der Waals surface area contributed by atoms with Crippen LogP contribution < -0.4 is 10.2 Å². The number of piperazine rings is 1. The summed E-state index contributed by atoms with van der Waals surface area (Å²) in [5, 5.41) is 12.0. The van der Waals surface area contributed by atoms with E-state index in [0.717, 1.165) is 18.7 Å². The predicted octanol–water partition coefficient (Wildman–Crippen LogP) is 1.20. The molecular weight excluding hydrogens is 240 g/mol. The third-order valence-electron chi connectivity index (χ3n) is 3.93. The van der Waals surface area contributed by atoms with Gasteiger partial charge in [0, 0.05) is 6.04 Å². The maximum atomic E-state index is 11.8. The molecule has 2 aliphatic rings. The molecule has 0 radical (unpaired) electrons. The Kier molecular flexibility index (Phi) is 3.08. The standard InChI is InChI=1S/C14H16N4O/c15-8-10-4-3-7-13(16-10)18-9-14(19)17-11-5-1-2-6-12(11)18/h3-4,7,11-12H,1-2,5-6,9H2,(H,17,19). The maximum Gasteiger partial charge on any atom is 0.239 e. The van der Waals surface area contributed by atoms with E-state index >= 15 is 0 Å². The Labute approximate surface area is 112 Å². The molecule has 98 valence electrons. The number of hydrogen-bond donors (Lipinski definition) is 1. The van der Waals surface area contributed by atoms with Gasteiger partial charge in [0.1, 0.15) is 17.6 Å². The first-order chi connectivity index (χ1) is 9.28. The second kappa shape index (κ2) is 4.88. The van der Waals surface area contributed by atoms with Crippen molar-refractivity contribution in [3.05, 3.63) is 23.9 Å². The molecule has 0 bridgehead atoms. The first-order valence-corrected chi connectivity index (χ1v) is 6.71. The van der Waals surface area contributed by atoms with Crippen LogP contribution in [0.25, 0.3) is 0 Å². The van der Waals surface area contributed by atoms with E-state index in [2.05, 4.69) is 21.3 Å². The predicted molar refractivity (Wildman–Crippen MR) is 70.5 cm³/mol. The molecule has 5 heteroatoms. The number of amides is 1. The minimum Gasteiger partial charge on any atom is -0.350 e. The number of carbonyl (C=O) groups is 1. The van der Waals surface area contributed by atoms with Crippen LogP contribution in [0, 0.1) is 11.3 Å². The molecule has 1 saturated carbocycles. The summed E-state index contributed by atoms with van der Waals surface area (Å²) < 4.78 is 0. The van der Waals surface area contributed by atoms with Gasteiger partial charge in [0.05, 0.1) is 12.6 Å². The van der Waals surface area contributed by atoms with E-state index in [1.54, 1.807) is 6.07 Å². The second-order valence-corrected chi connectivity index (χ2v) is 5.15. The summed E-state index contributed by atoms with van der Waals surface area (Å²) >= 11 is 0. The van der Waals surface area contributed by atoms with Crippen LogP contribution in [0.1, 0.15) is 31.4 Å². The van der Waals surface area contributed by atoms with E-state index in [1.807, 2.05) is 12.1 Å². The van der Waals surface area contributed by atoms with Gasteiger partial charge in [-0.05, 0) is 25.0 Å². The van der Waals surface area contributed by atoms with Gasteiger partial charge in [0.15, 0.2) is 0 Å². The molecular formula is C14H16N4O. The van der Waals surface area contributed by atoms with Crippen LogP contribution in [-0.2, 0) is 4.79 Å². The molecule has 1 aromatic heterocycles. The SMILES string of the molecule is N#Cc1cccc(N2CC(=O)NC3CCCCC32)n1. The highest BCUT2D eigenvalue weighted by Crippen LogP contribution is 2.28. The van der Waals surface area contributed by atoms with Gasteiger partial charge in [-0.2, -0.15) is 5.26 Å². The van der Waals surface area contributed by atoms with Crippen molar-refractivity contribution in [1.82, 2.24) is 10.3 Å². The van der Waals surface area contributed by atoms with Crippen LogP contribution in [0.5, 0.6) is 0 Å². The van der Waals surface area contributed by atoms with Gasteiger partial charge in [-0.25, -0.2) is 4.98 Å². The number of pyridine rings is 1. The molecule has 1 aliphatic heterocycles. The van der Waals surface area contributed by atoms with Gasteiger partial charge in [-0.3, -0.25) is 4.79 Å².